The van der Waals surface area contributed by atoms with Crippen molar-refractivity contribution in [2.24, 2.45) is 0 Å². The van der Waals surface area contributed by atoms with Crippen LogP contribution in [0.15, 0.2) is 41.8 Å². The van der Waals surface area contributed by atoms with Crippen LogP contribution in [0.25, 0.3) is 0 Å². The van der Waals surface area contributed by atoms with Crippen LogP contribution in [0.5, 0.6) is 0 Å². The van der Waals surface area contributed by atoms with Crippen molar-refractivity contribution in [1.82, 2.24) is 9.97 Å². The average molecular weight is 241 g/mol. The van der Waals surface area contributed by atoms with E-state index in [1.807, 2.05) is 0 Å². The number of aromatic amines is 1. The first-order valence-corrected chi connectivity index (χ1v) is 5.83. The molecule has 0 radical (unpaired) electrons. The highest BCUT2D eigenvalue weighted by Crippen LogP contribution is 2.14. The molecule has 84 valence electrons. The molecule has 2 rings (SSSR count). The predicted molar refractivity (Wildman–Crippen MR) is 55.8 cm³/mol. The zero-order chi connectivity index (χ0) is 11.6. The lowest BCUT2D eigenvalue weighted by Crippen LogP contribution is -2.13. The van der Waals surface area contributed by atoms with E-state index < -0.39 is 15.8 Å². The van der Waals surface area contributed by atoms with Crippen LogP contribution in [0.4, 0.5) is 10.1 Å². The standard InChI is InChI=1S/C9H8FN3O2S/c10-7-2-1-3-8(4-7)13-16(14,15)9-5-11-6-12-9/h1-6,13H,(H,11,12). The lowest BCUT2D eigenvalue weighted by atomic mass is 10.3. The summed E-state index contributed by atoms with van der Waals surface area (Å²) in [7, 11) is -3.72. The first-order chi connectivity index (χ1) is 7.58. The summed E-state index contributed by atoms with van der Waals surface area (Å²) in [5.41, 5.74) is 0.162. The number of nitrogens with one attached hydrogen (secondary N) is 2. The molecule has 7 heteroatoms. The molecule has 1 heterocycles. The van der Waals surface area contributed by atoms with Gasteiger partial charge >= 0.3 is 0 Å². The molecule has 0 aliphatic rings. The Labute approximate surface area is 91.4 Å². The molecule has 2 aromatic rings. The number of sulfonamides is 1. The summed E-state index contributed by atoms with van der Waals surface area (Å²) >= 11 is 0. The monoisotopic (exact) mass is 241 g/mol. The van der Waals surface area contributed by atoms with Crippen molar-refractivity contribution in [3.05, 3.63) is 42.6 Å². The molecule has 0 saturated carbocycles. The maximum absolute atomic E-state index is 12.8. The van der Waals surface area contributed by atoms with E-state index in [9.17, 15) is 12.8 Å². The number of nitrogens with zero attached hydrogens (tertiary/aromatic N) is 1. The Morgan fingerprint density at radius 2 is 2.19 bits per heavy atom. The zero-order valence-corrected chi connectivity index (χ0v) is 8.83. The number of anilines is 1. The Morgan fingerprint density at radius 1 is 1.38 bits per heavy atom. The molecule has 16 heavy (non-hydrogen) atoms. The van der Waals surface area contributed by atoms with Crippen LogP contribution in [0.1, 0.15) is 0 Å². The van der Waals surface area contributed by atoms with Gasteiger partial charge in [0.2, 0.25) is 0 Å². The number of imidazole rings is 1. The number of H-pyrrole nitrogens is 1. The van der Waals surface area contributed by atoms with Gasteiger partial charge in [-0.15, -0.1) is 0 Å². The summed E-state index contributed by atoms with van der Waals surface area (Å²) < 4.78 is 38.4. The fourth-order valence-corrected chi connectivity index (χ4v) is 2.11. The zero-order valence-electron chi connectivity index (χ0n) is 8.01. The molecule has 0 fully saturated rings. The maximum Gasteiger partial charge on any atom is 0.278 e. The van der Waals surface area contributed by atoms with Crippen LogP contribution in [-0.2, 0) is 10.0 Å². The molecule has 0 amide bonds. The number of aromatic nitrogens is 2. The van der Waals surface area contributed by atoms with Crippen molar-refractivity contribution in [3.8, 4) is 0 Å². The van der Waals surface area contributed by atoms with Gasteiger partial charge in [0.1, 0.15) is 5.82 Å². The van der Waals surface area contributed by atoms with Gasteiger partial charge < -0.3 is 4.98 Å². The lowest BCUT2D eigenvalue weighted by Gasteiger charge is -2.05. The summed E-state index contributed by atoms with van der Waals surface area (Å²) in [6.07, 6.45) is 2.42. The molecular weight excluding hydrogens is 233 g/mol. The summed E-state index contributed by atoms with van der Waals surface area (Å²) in [4.78, 5) is 6.06. The molecule has 0 atom stereocenters. The van der Waals surface area contributed by atoms with Crippen molar-refractivity contribution in [1.29, 1.82) is 0 Å². The van der Waals surface area contributed by atoms with Crippen LogP contribution in [0, 0.1) is 5.82 Å². The minimum Gasteiger partial charge on any atom is -0.334 e. The molecular formula is C9H8FN3O2S. The van der Waals surface area contributed by atoms with E-state index in [1.165, 1.54) is 30.7 Å². The van der Waals surface area contributed by atoms with Crippen LogP contribution in [0.2, 0.25) is 0 Å². The third kappa shape index (κ3) is 2.19. The number of rotatable bonds is 3. The Hall–Kier alpha value is -1.89. The van der Waals surface area contributed by atoms with E-state index in [1.54, 1.807) is 0 Å². The third-order valence-corrected chi connectivity index (χ3v) is 3.15. The molecule has 2 N–H and O–H groups in total. The van der Waals surface area contributed by atoms with Gasteiger partial charge in [-0.1, -0.05) is 6.07 Å². The first-order valence-electron chi connectivity index (χ1n) is 4.35. The maximum atomic E-state index is 12.8. The van der Waals surface area contributed by atoms with Gasteiger partial charge in [0.15, 0.2) is 5.03 Å². The van der Waals surface area contributed by atoms with Crippen LogP contribution >= 0.6 is 0 Å². The fraction of sp³-hybridized carbons (Fsp3) is 0. The number of benzene rings is 1. The van der Waals surface area contributed by atoms with E-state index in [0.29, 0.717) is 0 Å². The highest BCUT2D eigenvalue weighted by Gasteiger charge is 2.15. The first kappa shape index (κ1) is 10.6. The molecule has 1 aromatic carbocycles. The summed E-state index contributed by atoms with van der Waals surface area (Å²) in [6, 6.07) is 5.19. The third-order valence-electron chi connectivity index (χ3n) is 1.84. The summed E-state index contributed by atoms with van der Waals surface area (Å²) in [5, 5.41) is -0.0724. The second-order valence-corrected chi connectivity index (χ2v) is 4.68. The van der Waals surface area contributed by atoms with Gasteiger partial charge in [-0.25, -0.2) is 9.37 Å². The van der Waals surface area contributed by atoms with Crippen LogP contribution in [-0.4, -0.2) is 18.4 Å². The molecule has 1 aromatic heterocycles. The minimum atomic E-state index is -3.72. The van der Waals surface area contributed by atoms with Gasteiger partial charge in [-0.3, -0.25) is 4.72 Å². The van der Waals surface area contributed by atoms with E-state index in [-0.39, 0.29) is 10.7 Å². The normalized spacial score (nSPS) is 11.3. The predicted octanol–water partition coefficient (Wildman–Crippen LogP) is 1.35. The molecule has 0 aliphatic heterocycles. The van der Waals surface area contributed by atoms with E-state index in [4.69, 9.17) is 0 Å². The largest absolute Gasteiger partial charge is 0.334 e. The molecule has 0 aliphatic carbocycles. The molecule has 0 spiro atoms. The average Bonchev–Trinajstić information content (AvgIpc) is 2.69. The van der Waals surface area contributed by atoms with Gasteiger partial charge in [0.05, 0.1) is 18.2 Å². The Bertz CT molecular complexity index is 581. The van der Waals surface area contributed by atoms with Crippen molar-refractivity contribution >= 4 is 15.7 Å². The van der Waals surface area contributed by atoms with E-state index in [0.717, 1.165) is 6.07 Å². The van der Waals surface area contributed by atoms with Gasteiger partial charge in [0.25, 0.3) is 10.0 Å². The topological polar surface area (TPSA) is 74.8 Å². The van der Waals surface area contributed by atoms with Gasteiger partial charge in [-0.05, 0) is 18.2 Å². The fourth-order valence-electron chi connectivity index (χ4n) is 1.15. The lowest BCUT2D eigenvalue weighted by molar-refractivity contribution is 0.598. The highest BCUT2D eigenvalue weighted by molar-refractivity contribution is 7.92. The van der Waals surface area contributed by atoms with Gasteiger partial charge in [-0.2, -0.15) is 8.42 Å². The molecule has 0 saturated heterocycles. The SMILES string of the molecule is O=S(=O)(Nc1cccc(F)c1)c1cnc[nH]1. The smallest absolute Gasteiger partial charge is 0.278 e. The van der Waals surface area contributed by atoms with Crippen LogP contribution in [0.3, 0.4) is 0 Å². The Balaban J connectivity index is 2.29. The molecule has 5 nitrogen and oxygen atoms in total. The Kier molecular flexibility index (Phi) is 2.61. The second-order valence-electron chi connectivity index (χ2n) is 3.03. The number of hydrogen-bond donors (Lipinski definition) is 2. The quantitative estimate of drug-likeness (QED) is 0.851. The van der Waals surface area contributed by atoms with Crippen LogP contribution < -0.4 is 4.72 Å². The van der Waals surface area contributed by atoms with Crippen molar-refractivity contribution in [2.45, 2.75) is 5.03 Å². The van der Waals surface area contributed by atoms with Crippen molar-refractivity contribution in [2.75, 3.05) is 4.72 Å². The van der Waals surface area contributed by atoms with E-state index >= 15 is 0 Å². The second kappa shape index (κ2) is 3.93. The minimum absolute atomic E-state index is 0.0724. The number of hydrogen-bond acceptors (Lipinski definition) is 3. The van der Waals surface area contributed by atoms with E-state index in [2.05, 4.69) is 14.7 Å². The summed E-state index contributed by atoms with van der Waals surface area (Å²) in [5.74, 6) is -0.509. The van der Waals surface area contributed by atoms with Gasteiger partial charge in [0, 0.05) is 0 Å². The number of halogens is 1. The molecule has 0 bridgehead atoms. The summed E-state index contributed by atoms with van der Waals surface area (Å²) in [6.45, 7) is 0. The highest BCUT2D eigenvalue weighted by atomic mass is 32.2. The molecule has 0 unspecified atom stereocenters. The van der Waals surface area contributed by atoms with Crippen molar-refractivity contribution < 1.29 is 12.8 Å². The van der Waals surface area contributed by atoms with Crippen molar-refractivity contribution in [3.63, 3.8) is 0 Å². The Morgan fingerprint density at radius 3 is 2.81 bits per heavy atom.